The molecule has 0 unspecified atom stereocenters. The first-order valence-electron chi connectivity index (χ1n) is 2.91. The molecule has 0 rings (SSSR count). The van der Waals surface area contributed by atoms with Crippen LogP contribution >= 0.6 is 11.9 Å². The van der Waals surface area contributed by atoms with Crippen LogP contribution in [0.2, 0.25) is 0 Å². The number of hydrogen-bond acceptors (Lipinski definition) is 3. The van der Waals surface area contributed by atoms with E-state index in [2.05, 4.69) is 4.29 Å². The number of hydrogen-bond donors (Lipinski definition) is 0. The number of rotatable bonds is 2. The van der Waals surface area contributed by atoms with Gasteiger partial charge in [0.25, 0.3) is 0 Å². The number of esters is 1. The topological polar surface area (TPSA) is 35.5 Å². The Balaban J connectivity index is 3.58. The predicted octanol–water partition coefficient (Wildman–Crippen LogP) is 1.50. The number of carbonyl (C=O) groups is 1. The lowest BCUT2D eigenvalue weighted by molar-refractivity contribution is -0.157. The largest absolute Gasteiger partial charge is 0.458 e. The smallest absolute Gasteiger partial charge is 0.334 e. The molecule has 0 amide bonds. The van der Waals surface area contributed by atoms with Crippen molar-refractivity contribution in [2.24, 2.45) is 0 Å². The van der Waals surface area contributed by atoms with Gasteiger partial charge in [-0.1, -0.05) is 0 Å². The highest BCUT2D eigenvalue weighted by Gasteiger charge is 2.15. The molecule has 0 radical (unpaired) electrons. The summed E-state index contributed by atoms with van der Waals surface area (Å²) in [5.41, 5.74) is -0.466. The Bertz CT molecular complexity index is 117. The van der Waals surface area contributed by atoms with Crippen LogP contribution in [-0.2, 0) is 13.8 Å². The van der Waals surface area contributed by atoms with Crippen LogP contribution in [0.25, 0.3) is 0 Å². The number of ether oxygens (including phenoxy) is 1. The second-order valence-electron chi connectivity index (χ2n) is 2.84. The van der Waals surface area contributed by atoms with Crippen molar-refractivity contribution in [1.29, 1.82) is 0 Å². The summed E-state index contributed by atoms with van der Waals surface area (Å²) in [5, 5.41) is 0. The normalized spacial score (nSPS) is 11.2. The monoisotopic (exact) mass is 166 g/mol. The molecule has 0 heterocycles. The molecule has 0 atom stereocenters. The van der Waals surface area contributed by atoms with Gasteiger partial charge in [-0.05, 0) is 20.8 Å². The third kappa shape index (κ3) is 5.85. The average Bonchev–Trinajstić information content (AvgIpc) is 1.59. The molecule has 0 aliphatic rings. The van der Waals surface area contributed by atoms with E-state index in [1.54, 1.807) is 20.8 Å². The van der Waals surface area contributed by atoms with Gasteiger partial charge in [-0.3, -0.25) is 4.29 Å². The SMILES string of the molecule is CC(C)(C)OC(=O)COCl. The van der Waals surface area contributed by atoms with Crippen molar-refractivity contribution in [3.63, 3.8) is 0 Å². The van der Waals surface area contributed by atoms with Gasteiger partial charge in [0.1, 0.15) is 5.60 Å². The zero-order valence-corrected chi connectivity index (χ0v) is 7.07. The molecule has 0 aromatic carbocycles. The van der Waals surface area contributed by atoms with Crippen molar-refractivity contribution in [2.45, 2.75) is 26.4 Å². The fraction of sp³-hybridized carbons (Fsp3) is 0.833. The van der Waals surface area contributed by atoms with E-state index in [-0.39, 0.29) is 6.61 Å². The zero-order valence-electron chi connectivity index (χ0n) is 6.31. The van der Waals surface area contributed by atoms with E-state index >= 15 is 0 Å². The first-order chi connectivity index (χ1) is 4.45. The summed E-state index contributed by atoms with van der Waals surface area (Å²) in [6, 6.07) is 0. The van der Waals surface area contributed by atoms with Gasteiger partial charge in [-0.25, -0.2) is 4.79 Å². The van der Waals surface area contributed by atoms with Crippen LogP contribution < -0.4 is 0 Å². The van der Waals surface area contributed by atoms with E-state index in [9.17, 15) is 4.79 Å². The molecule has 0 aromatic heterocycles. The van der Waals surface area contributed by atoms with Crippen LogP contribution in [0.15, 0.2) is 0 Å². The molecule has 0 fully saturated rings. The highest BCUT2D eigenvalue weighted by atomic mass is 35.5. The first kappa shape index (κ1) is 9.72. The van der Waals surface area contributed by atoms with Crippen LogP contribution in [0, 0.1) is 0 Å². The summed E-state index contributed by atoms with van der Waals surface area (Å²) < 4.78 is 8.88. The molecule has 0 spiro atoms. The molecule has 0 N–H and O–H groups in total. The van der Waals surface area contributed by atoms with E-state index in [0.717, 1.165) is 0 Å². The van der Waals surface area contributed by atoms with Crippen LogP contribution in [0.1, 0.15) is 20.8 Å². The lowest BCUT2D eigenvalue weighted by Crippen LogP contribution is -2.25. The molecule has 0 saturated carbocycles. The number of carbonyl (C=O) groups excluding carboxylic acids is 1. The van der Waals surface area contributed by atoms with Crippen molar-refractivity contribution < 1.29 is 13.8 Å². The highest BCUT2D eigenvalue weighted by molar-refractivity contribution is 6.08. The summed E-state index contributed by atoms with van der Waals surface area (Å²) in [4.78, 5) is 10.6. The second kappa shape index (κ2) is 3.78. The zero-order chi connectivity index (χ0) is 8.20. The lowest BCUT2D eigenvalue weighted by atomic mass is 10.2. The van der Waals surface area contributed by atoms with Crippen LogP contribution in [0.5, 0.6) is 0 Å². The highest BCUT2D eigenvalue weighted by Crippen LogP contribution is 2.06. The Morgan fingerprint density at radius 3 is 2.30 bits per heavy atom. The summed E-state index contributed by atoms with van der Waals surface area (Å²) in [7, 11) is 0. The minimum absolute atomic E-state index is 0.209. The molecule has 0 bridgehead atoms. The first-order valence-corrected chi connectivity index (χ1v) is 3.22. The summed E-state index contributed by atoms with van der Waals surface area (Å²) in [6.45, 7) is 5.12. The quantitative estimate of drug-likeness (QED) is 0.584. The second-order valence-corrected chi connectivity index (χ2v) is 3.06. The van der Waals surface area contributed by atoms with Crippen molar-refractivity contribution in [1.82, 2.24) is 0 Å². The van der Waals surface area contributed by atoms with E-state index in [1.807, 2.05) is 0 Å². The van der Waals surface area contributed by atoms with E-state index in [1.165, 1.54) is 0 Å². The molecular formula is C6H11ClO3. The van der Waals surface area contributed by atoms with Crippen LogP contribution in [0.4, 0.5) is 0 Å². The van der Waals surface area contributed by atoms with E-state index < -0.39 is 11.6 Å². The van der Waals surface area contributed by atoms with Gasteiger partial charge in [0.05, 0.1) is 11.9 Å². The third-order valence-electron chi connectivity index (χ3n) is 0.592. The Morgan fingerprint density at radius 1 is 1.50 bits per heavy atom. The van der Waals surface area contributed by atoms with Gasteiger partial charge >= 0.3 is 5.97 Å². The lowest BCUT2D eigenvalue weighted by Gasteiger charge is -2.18. The maximum atomic E-state index is 10.6. The van der Waals surface area contributed by atoms with Gasteiger partial charge in [-0.2, -0.15) is 0 Å². The molecule has 0 aliphatic heterocycles. The fourth-order valence-electron chi connectivity index (χ4n) is 0.416. The standard InChI is InChI=1S/C6H11ClO3/c1-6(2,3)10-5(8)4-9-7/h4H2,1-3H3. The minimum atomic E-state index is -0.466. The maximum absolute atomic E-state index is 10.6. The Labute approximate surface area is 65.4 Å². The summed E-state index contributed by atoms with van der Waals surface area (Å²) in [6.07, 6.45) is 0. The van der Waals surface area contributed by atoms with E-state index in [4.69, 9.17) is 16.6 Å². The van der Waals surface area contributed by atoms with Gasteiger partial charge in [0.2, 0.25) is 0 Å². The van der Waals surface area contributed by atoms with Crippen molar-refractivity contribution in [3.8, 4) is 0 Å². The average molecular weight is 167 g/mol. The van der Waals surface area contributed by atoms with Crippen LogP contribution in [-0.4, -0.2) is 18.2 Å². The Kier molecular flexibility index (Phi) is 3.68. The van der Waals surface area contributed by atoms with Crippen molar-refractivity contribution >= 4 is 17.8 Å². The molecular weight excluding hydrogens is 156 g/mol. The minimum Gasteiger partial charge on any atom is -0.458 e. The maximum Gasteiger partial charge on any atom is 0.334 e. The molecule has 60 valence electrons. The Hall–Kier alpha value is -0.280. The Morgan fingerprint density at radius 2 is 2.00 bits per heavy atom. The van der Waals surface area contributed by atoms with Crippen molar-refractivity contribution in [2.75, 3.05) is 6.61 Å². The third-order valence-corrected chi connectivity index (χ3v) is 0.702. The van der Waals surface area contributed by atoms with Gasteiger partial charge in [-0.15, -0.1) is 0 Å². The predicted molar refractivity (Wildman–Crippen MR) is 37.7 cm³/mol. The van der Waals surface area contributed by atoms with Gasteiger partial charge in [0.15, 0.2) is 6.61 Å². The number of halogens is 1. The summed E-state index contributed by atoms with van der Waals surface area (Å²) in [5.74, 6) is -0.456. The fourth-order valence-corrected chi connectivity index (χ4v) is 0.505. The molecule has 4 heteroatoms. The molecule has 0 aliphatic carbocycles. The van der Waals surface area contributed by atoms with Crippen molar-refractivity contribution in [3.05, 3.63) is 0 Å². The molecule has 0 aromatic rings. The van der Waals surface area contributed by atoms with Crippen LogP contribution in [0.3, 0.4) is 0 Å². The van der Waals surface area contributed by atoms with Gasteiger partial charge < -0.3 is 4.74 Å². The van der Waals surface area contributed by atoms with E-state index in [0.29, 0.717) is 0 Å². The molecule has 3 nitrogen and oxygen atoms in total. The van der Waals surface area contributed by atoms with Gasteiger partial charge in [0, 0.05) is 0 Å². The molecule has 10 heavy (non-hydrogen) atoms. The summed E-state index contributed by atoms with van der Waals surface area (Å²) >= 11 is 4.82. The molecule has 0 saturated heterocycles.